The molecule has 0 radical (unpaired) electrons. The van der Waals surface area contributed by atoms with Gasteiger partial charge < -0.3 is 14.7 Å². The Labute approximate surface area is 139 Å². The minimum absolute atomic E-state index is 0. The highest BCUT2D eigenvalue weighted by Crippen LogP contribution is 2.12. The van der Waals surface area contributed by atoms with Gasteiger partial charge in [-0.1, -0.05) is 12.1 Å². The van der Waals surface area contributed by atoms with Gasteiger partial charge in [0.1, 0.15) is 18.5 Å². The third-order valence-corrected chi connectivity index (χ3v) is 3.50. The number of ether oxygens (including phenoxy) is 1. The third-order valence-electron chi connectivity index (χ3n) is 3.50. The molecule has 1 aromatic carbocycles. The monoisotopic (exact) mass is 336 g/mol. The lowest BCUT2D eigenvalue weighted by Gasteiger charge is -2.33. The van der Waals surface area contributed by atoms with Crippen molar-refractivity contribution in [3.05, 3.63) is 29.8 Å². The summed E-state index contributed by atoms with van der Waals surface area (Å²) >= 11 is 0. The molecule has 4 nitrogen and oxygen atoms in total. The van der Waals surface area contributed by atoms with E-state index >= 15 is 0 Å². The molecule has 0 spiro atoms. The molecule has 1 heterocycles. The summed E-state index contributed by atoms with van der Waals surface area (Å²) in [6, 6.07) is 7.92. The summed E-state index contributed by atoms with van der Waals surface area (Å²) in [7, 11) is 2.13. The number of piperazine rings is 1. The van der Waals surface area contributed by atoms with Crippen molar-refractivity contribution >= 4 is 24.8 Å². The zero-order valence-corrected chi connectivity index (χ0v) is 14.3. The maximum atomic E-state index is 10.0. The van der Waals surface area contributed by atoms with Crippen LogP contribution in [0.3, 0.4) is 0 Å². The Bertz CT molecular complexity index is 399. The molecular formula is C15H26Cl2N2O2. The van der Waals surface area contributed by atoms with E-state index in [1.807, 2.05) is 31.2 Å². The number of aliphatic hydroxyl groups is 1. The smallest absolute Gasteiger partial charge is 0.119 e. The summed E-state index contributed by atoms with van der Waals surface area (Å²) in [5.41, 5.74) is 1.17. The maximum Gasteiger partial charge on any atom is 0.119 e. The van der Waals surface area contributed by atoms with Crippen LogP contribution in [0.5, 0.6) is 5.75 Å². The van der Waals surface area contributed by atoms with E-state index in [9.17, 15) is 5.11 Å². The number of hydrogen-bond donors (Lipinski definition) is 1. The van der Waals surface area contributed by atoms with Crippen LogP contribution < -0.4 is 4.74 Å². The minimum Gasteiger partial charge on any atom is -0.491 e. The lowest BCUT2D eigenvalue weighted by atomic mass is 10.2. The molecule has 1 N–H and O–H groups in total. The van der Waals surface area contributed by atoms with Crippen molar-refractivity contribution in [2.45, 2.75) is 13.0 Å². The molecule has 6 heteroatoms. The van der Waals surface area contributed by atoms with E-state index in [4.69, 9.17) is 4.74 Å². The fourth-order valence-corrected chi connectivity index (χ4v) is 2.28. The van der Waals surface area contributed by atoms with Crippen molar-refractivity contribution < 1.29 is 9.84 Å². The molecule has 1 saturated heterocycles. The van der Waals surface area contributed by atoms with Crippen LogP contribution in [0.2, 0.25) is 0 Å². The van der Waals surface area contributed by atoms with Crippen molar-refractivity contribution in [3.63, 3.8) is 0 Å². The second-order valence-electron chi connectivity index (χ2n) is 5.39. The maximum absolute atomic E-state index is 10.0. The van der Waals surface area contributed by atoms with Gasteiger partial charge in [-0.25, -0.2) is 0 Å². The van der Waals surface area contributed by atoms with E-state index in [1.165, 1.54) is 5.56 Å². The van der Waals surface area contributed by atoms with Crippen molar-refractivity contribution in [1.82, 2.24) is 9.80 Å². The summed E-state index contributed by atoms with van der Waals surface area (Å²) in [6.45, 7) is 7.29. The average molecular weight is 337 g/mol. The van der Waals surface area contributed by atoms with Crippen LogP contribution >= 0.6 is 24.8 Å². The van der Waals surface area contributed by atoms with Gasteiger partial charge >= 0.3 is 0 Å². The minimum atomic E-state index is -0.427. The van der Waals surface area contributed by atoms with E-state index in [-0.39, 0.29) is 24.8 Å². The van der Waals surface area contributed by atoms with Gasteiger partial charge in [0, 0.05) is 32.7 Å². The van der Waals surface area contributed by atoms with Crippen LogP contribution in [0.4, 0.5) is 0 Å². The van der Waals surface area contributed by atoms with Crippen LogP contribution in [0, 0.1) is 6.92 Å². The van der Waals surface area contributed by atoms with Gasteiger partial charge in [-0.15, -0.1) is 24.8 Å². The van der Waals surface area contributed by atoms with E-state index in [2.05, 4.69) is 16.8 Å². The molecule has 0 amide bonds. The van der Waals surface area contributed by atoms with Crippen molar-refractivity contribution in [2.75, 3.05) is 46.4 Å². The Kier molecular flexibility index (Phi) is 9.99. The molecule has 1 fully saturated rings. The fraction of sp³-hybridized carbons (Fsp3) is 0.600. The molecular weight excluding hydrogens is 311 g/mol. The van der Waals surface area contributed by atoms with E-state index in [0.717, 1.165) is 31.9 Å². The lowest BCUT2D eigenvalue weighted by Crippen LogP contribution is -2.47. The van der Waals surface area contributed by atoms with Gasteiger partial charge in [0.15, 0.2) is 0 Å². The predicted molar refractivity (Wildman–Crippen MR) is 91.1 cm³/mol. The standard InChI is InChI=1S/C15H24N2O2.2ClH/c1-13-4-3-5-15(10-13)19-12-14(18)11-17-8-6-16(2)7-9-17;;/h3-5,10,14,18H,6-9,11-12H2,1-2H3;2*1H. The normalized spacial score (nSPS) is 17.5. The van der Waals surface area contributed by atoms with Gasteiger partial charge in [0.05, 0.1) is 0 Å². The van der Waals surface area contributed by atoms with Gasteiger partial charge in [-0.2, -0.15) is 0 Å². The van der Waals surface area contributed by atoms with E-state index in [0.29, 0.717) is 13.2 Å². The number of benzene rings is 1. The van der Waals surface area contributed by atoms with Crippen LogP contribution in [0.15, 0.2) is 24.3 Å². The molecule has 1 unspecified atom stereocenters. The first-order valence-electron chi connectivity index (χ1n) is 6.92. The Balaban J connectivity index is 0.00000200. The third kappa shape index (κ3) is 7.34. The predicted octanol–water partition coefficient (Wildman–Crippen LogP) is 1.83. The first-order chi connectivity index (χ1) is 9.13. The average Bonchev–Trinajstić information content (AvgIpc) is 2.39. The van der Waals surface area contributed by atoms with E-state index in [1.54, 1.807) is 0 Å². The largest absolute Gasteiger partial charge is 0.491 e. The first-order valence-corrected chi connectivity index (χ1v) is 6.92. The summed E-state index contributed by atoms with van der Waals surface area (Å²) in [5, 5.41) is 10.0. The number of aryl methyl sites for hydroxylation is 1. The Morgan fingerprint density at radius 1 is 1.19 bits per heavy atom. The second kappa shape index (κ2) is 10.2. The molecule has 122 valence electrons. The van der Waals surface area contributed by atoms with Crippen molar-refractivity contribution in [2.24, 2.45) is 0 Å². The molecule has 1 aliphatic heterocycles. The molecule has 1 aliphatic rings. The van der Waals surface area contributed by atoms with E-state index < -0.39 is 6.10 Å². The molecule has 21 heavy (non-hydrogen) atoms. The zero-order chi connectivity index (χ0) is 13.7. The summed E-state index contributed by atoms with van der Waals surface area (Å²) in [4.78, 5) is 4.61. The Hall–Kier alpha value is -0.520. The Morgan fingerprint density at radius 3 is 2.48 bits per heavy atom. The molecule has 0 saturated carbocycles. The molecule has 1 aromatic rings. The molecule has 0 bridgehead atoms. The van der Waals surface area contributed by atoms with Gasteiger partial charge in [0.25, 0.3) is 0 Å². The van der Waals surface area contributed by atoms with Crippen LogP contribution in [-0.4, -0.2) is 67.4 Å². The van der Waals surface area contributed by atoms with Crippen LogP contribution in [-0.2, 0) is 0 Å². The van der Waals surface area contributed by atoms with Gasteiger partial charge in [-0.05, 0) is 31.7 Å². The highest BCUT2D eigenvalue weighted by Gasteiger charge is 2.17. The highest BCUT2D eigenvalue weighted by molar-refractivity contribution is 5.85. The summed E-state index contributed by atoms with van der Waals surface area (Å²) < 4.78 is 5.62. The number of aliphatic hydroxyl groups excluding tert-OH is 1. The van der Waals surface area contributed by atoms with Gasteiger partial charge in [0.2, 0.25) is 0 Å². The zero-order valence-electron chi connectivity index (χ0n) is 12.7. The SMILES string of the molecule is Cc1cccc(OCC(O)CN2CCN(C)CC2)c1.Cl.Cl. The van der Waals surface area contributed by atoms with Crippen LogP contribution in [0.25, 0.3) is 0 Å². The molecule has 0 aromatic heterocycles. The number of β-amino-alcohol motifs (C(OH)–C–C–N with tert-alkyl or cyclic N) is 1. The second-order valence-corrected chi connectivity index (χ2v) is 5.39. The number of rotatable bonds is 5. The topological polar surface area (TPSA) is 35.9 Å². The quantitative estimate of drug-likeness (QED) is 0.889. The number of nitrogens with zero attached hydrogens (tertiary/aromatic N) is 2. The number of hydrogen-bond acceptors (Lipinski definition) is 4. The lowest BCUT2D eigenvalue weighted by molar-refractivity contribution is 0.0504. The first kappa shape index (κ1) is 20.5. The molecule has 1 atom stereocenters. The van der Waals surface area contributed by atoms with Crippen molar-refractivity contribution in [1.29, 1.82) is 0 Å². The number of likely N-dealkylation sites (N-methyl/N-ethyl adjacent to an activating group) is 1. The highest BCUT2D eigenvalue weighted by atomic mass is 35.5. The summed E-state index contributed by atoms with van der Waals surface area (Å²) in [5.74, 6) is 0.831. The fourth-order valence-electron chi connectivity index (χ4n) is 2.28. The van der Waals surface area contributed by atoms with Gasteiger partial charge in [-0.3, -0.25) is 4.90 Å². The Morgan fingerprint density at radius 2 is 1.86 bits per heavy atom. The molecule has 0 aliphatic carbocycles. The van der Waals surface area contributed by atoms with Crippen molar-refractivity contribution in [3.8, 4) is 5.75 Å². The van der Waals surface area contributed by atoms with Crippen LogP contribution in [0.1, 0.15) is 5.56 Å². The summed E-state index contributed by atoms with van der Waals surface area (Å²) in [6.07, 6.45) is -0.427. The molecule has 2 rings (SSSR count). The number of halogens is 2.